The van der Waals surface area contributed by atoms with Gasteiger partial charge >= 0.3 is 41.8 Å². The third kappa shape index (κ3) is 32.4. The largest absolute Gasteiger partial charge is 0.459 e. The first-order valence-corrected chi connectivity index (χ1v) is 57.1. The highest BCUT2D eigenvalue weighted by Gasteiger charge is 2.65. The summed E-state index contributed by atoms with van der Waals surface area (Å²) in [4.78, 5) is 86.1. The van der Waals surface area contributed by atoms with E-state index < -0.39 is 51.4 Å². The summed E-state index contributed by atoms with van der Waals surface area (Å²) < 4.78 is 76.8. The molecule has 0 amide bonds. The SMILES string of the molecule is CCC(C)(C)C(=O)OC(CC(C)(C)C)OC1C2CC3C(=O)OC1C3C2.CCC(C)(C)C(=O)OC(CC(C)(C)C)OC1CC2CC1C1C3CCC(C3)C21.CCC(C)(C)C(=O)OC(CC(C)C)OC1C2CC3CC(C2)CC1C3.CCC(OCC1C2CC3CC(C2)CC1C3)OC(=O)C(C)(C)CC.CCC(OCCC1CCCCC1)OC(=O)C(C)(C)CC.CCCC(OCCc1ccccc1)OC(=O)C(C)(C)CC. The Morgan fingerprint density at radius 3 is 1.22 bits per heavy atom. The molecule has 1 aromatic carbocycles. The minimum atomic E-state index is -0.597. The van der Waals surface area contributed by atoms with E-state index in [1.807, 2.05) is 157 Å². The van der Waals surface area contributed by atoms with Crippen molar-refractivity contribution in [3.63, 3.8) is 0 Å². The van der Waals surface area contributed by atoms with E-state index in [2.05, 4.69) is 74.4 Å². The fourth-order valence-corrected chi connectivity index (χ4v) is 25.9. The summed E-state index contributed by atoms with van der Waals surface area (Å²) in [6.45, 7) is 60.7. The number of carbonyl (C=O) groups excluding carboxylic acids is 7. The highest BCUT2D eigenvalue weighted by molar-refractivity contribution is 5.79. The van der Waals surface area contributed by atoms with Crippen molar-refractivity contribution in [2.24, 2.45) is 162 Å². The number of esters is 7. The predicted octanol–water partition coefficient (Wildman–Crippen LogP) is 28.5. The van der Waals surface area contributed by atoms with Gasteiger partial charge in [0.2, 0.25) is 37.7 Å². The Balaban J connectivity index is 0.000000174. The van der Waals surface area contributed by atoms with Crippen molar-refractivity contribution in [2.45, 2.75) is 501 Å². The van der Waals surface area contributed by atoms with Gasteiger partial charge in [0.1, 0.15) is 12.2 Å². The van der Waals surface area contributed by atoms with E-state index in [1.54, 1.807) is 0 Å². The second-order valence-electron chi connectivity index (χ2n) is 53.0. The normalized spacial score (nSPS) is 31.1. The van der Waals surface area contributed by atoms with Gasteiger partial charge in [-0.3, -0.25) is 33.6 Å². The number of hydrogen-bond donors (Lipinski definition) is 0. The van der Waals surface area contributed by atoms with Crippen molar-refractivity contribution in [3.8, 4) is 0 Å². The first kappa shape index (κ1) is 117. The van der Waals surface area contributed by atoms with E-state index >= 15 is 0 Å². The monoisotopic (exact) mass is 1960 g/mol. The summed E-state index contributed by atoms with van der Waals surface area (Å²) in [5.41, 5.74) is -1.41. The van der Waals surface area contributed by atoms with Gasteiger partial charge in [-0.1, -0.05) is 187 Å². The quantitative estimate of drug-likeness (QED) is 0.0255. The van der Waals surface area contributed by atoms with E-state index in [0.29, 0.717) is 73.8 Å². The van der Waals surface area contributed by atoms with Crippen LogP contribution >= 0.6 is 0 Å². The number of hydrogen-bond acceptors (Lipinski definition) is 20. The molecular weight excluding hydrogens is 1760 g/mol. The molecule has 0 spiro atoms. The molecule has 0 radical (unpaired) electrons. The first-order chi connectivity index (χ1) is 65.8. The van der Waals surface area contributed by atoms with Crippen LogP contribution in [0.2, 0.25) is 0 Å². The molecule has 140 heavy (non-hydrogen) atoms. The Labute approximate surface area is 850 Å². The Bertz CT molecular complexity index is 3930. The molecule has 18 atom stereocenters. The standard InChI is InChI=1S/C24H40O3.C21H36O3.C20H32O5.C20H34O3.C18H28O3.C17H32O3/c1-7-24(5,6)22(25)27-19(13-23(2,3)4)26-18-12-16-11-17(18)21-15-9-8-14(10-15)20(16)21;1-6-21(4,5)20(22)24-18(7-13(2)3)23-19-16-9-14-8-15(11-16)12-17(19)10-14;1-7-20(5,6)18(22)24-14(10-19(2,3)4)23-15-11-8-12-13(9-11)17(21)25-16(12)15;1-5-18(23-19(21)20(3,4)6-2)22-12-17-15-8-13-7-14(10-15)11-16(17)9-13;1-5-10-16(21-17(19)18(3,4)6-2)20-14-13-15-11-8-7-9-12-15;1-5-15(20-16(18)17(3,4)6-2)19-13-12-14-10-8-7-9-11-14/h14-21H,7-13H2,1-6H3;13-19H,6-12H2,1-5H3;11-16H,7-10H2,1-6H3;13-18H,5-12H2,1-4H3;7-9,11-12,16H,5-6,10,13-14H2,1-4H3;14-15H,5-13H2,1-4H3. The van der Waals surface area contributed by atoms with Crippen LogP contribution in [0.25, 0.3) is 0 Å². The molecule has 16 fully saturated rings. The van der Waals surface area contributed by atoms with Gasteiger partial charge in [-0.2, -0.15) is 0 Å². The molecule has 20 nitrogen and oxygen atoms in total. The molecule has 1 heterocycles. The second-order valence-corrected chi connectivity index (χ2v) is 53.0. The third-order valence-corrected chi connectivity index (χ3v) is 36.6. The Morgan fingerprint density at radius 1 is 0.379 bits per heavy atom. The fraction of sp³-hybridized carbons (Fsp3) is 0.892. The second kappa shape index (κ2) is 51.5. The van der Waals surface area contributed by atoms with Gasteiger partial charge in [0.15, 0.2) is 0 Å². The van der Waals surface area contributed by atoms with Crippen LogP contribution in [-0.4, -0.2) is 124 Å². The number of rotatable bonds is 43. The average molecular weight is 1960 g/mol. The van der Waals surface area contributed by atoms with Crippen LogP contribution < -0.4 is 0 Å². The van der Waals surface area contributed by atoms with Gasteiger partial charge in [-0.25, -0.2) is 0 Å². The highest BCUT2D eigenvalue weighted by Crippen LogP contribution is 2.68. The predicted molar refractivity (Wildman–Crippen MR) is 552 cm³/mol. The van der Waals surface area contributed by atoms with Crippen molar-refractivity contribution in [1.82, 2.24) is 0 Å². The van der Waals surface area contributed by atoms with Crippen LogP contribution in [0.5, 0.6) is 0 Å². The van der Waals surface area contributed by atoms with E-state index in [0.717, 1.165) is 180 Å². The molecule has 1 saturated heterocycles. The van der Waals surface area contributed by atoms with Gasteiger partial charge in [0.05, 0.1) is 70.4 Å². The zero-order valence-electron chi connectivity index (χ0n) is 93.7. The lowest BCUT2D eigenvalue weighted by atomic mass is 9.52. The van der Waals surface area contributed by atoms with Crippen molar-refractivity contribution >= 4 is 41.8 Å². The fourth-order valence-electron chi connectivity index (χ4n) is 25.9. The molecule has 0 N–H and O–H groups in total. The van der Waals surface area contributed by atoms with Crippen LogP contribution in [-0.2, 0) is 102 Å². The minimum Gasteiger partial charge on any atom is -0.459 e. The Morgan fingerprint density at radius 2 is 0.779 bits per heavy atom. The van der Waals surface area contributed by atoms with Crippen LogP contribution in [0.15, 0.2) is 30.3 Å². The van der Waals surface area contributed by atoms with Crippen LogP contribution in [0.3, 0.4) is 0 Å². The third-order valence-electron chi connectivity index (χ3n) is 36.6. The average Bonchev–Trinajstić information content (AvgIpc) is 1.55. The number of benzene rings is 1. The molecule has 14 bridgehead atoms. The number of carbonyl (C=O) groups is 7. The maximum absolute atomic E-state index is 12.7. The summed E-state index contributed by atoms with van der Waals surface area (Å²) in [7, 11) is 0. The summed E-state index contributed by atoms with van der Waals surface area (Å²) in [6, 6.07) is 10.2. The van der Waals surface area contributed by atoms with E-state index in [1.165, 1.54) is 134 Å². The van der Waals surface area contributed by atoms with Gasteiger partial charge < -0.3 is 61.6 Å². The van der Waals surface area contributed by atoms with E-state index in [4.69, 9.17) is 61.6 Å². The van der Waals surface area contributed by atoms with Crippen LogP contribution in [0, 0.1) is 162 Å². The lowest BCUT2D eigenvalue weighted by molar-refractivity contribution is -0.233. The summed E-state index contributed by atoms with van der Waals surface area (Å²) in [6.07, 6.45) is 39.2. The number of ether oxygens (including phenoxy) is 13. The molecule has 15 aliphatic carbocycles. The summed E-state index contributed by atoms with van der Waals surface area (Å²) in [5.74, 6) is 14.2. The lowest BCUT2D eigenvalue weighted by Gasteiger charge is -2.54. The molecule has 18 unspecified atom stereocenters. The lowest BCUT2D eigenvalue weighted by Crippen LogP contribution is -2.51. The first-order valence-electron chi connectivity index (χ1n) is 57.1. The van der Waals surface area contributed by atoms with E-state index in [-0.39, 0.29) is 89.6 Å². The Kier molecular flexibility index (Phi) is 43.1. The van der Waals surface area contributed by atoms with Crippen molar-refractivity contribution < 1.29 is 95.1 Å². The minimum absolute atomic E-state index is 0.0339. The molecule has 1 aliphatic heterocycles. The zero-order chi connectivity index (χ0) is 103. The molecule has 15 saturated carbocycles. The van der Waals surface area contributed by atoms with Crippen molar-refractivity contribution in [1.29, 1.82) is 0 Å². The smallest absolute Gasteiger partial charge is 0.313 e. The molecular formula is C120H202O20. The molecule has 17 rings (SSSR count). The topological polar surface area (TPSA) is 239 Å². The van der Waals surface area contributed by atoms with E-state index in [9.17, 15) is 33.6 Å². The maximum Gasteiger partial charge on any atom is 0.313 e. The van der Waals surface area contributed by atoms with Crippen molar-refractivity contribution in [2.75, 3.05) is 19.8 Å². The van der Waals surface area contributed by atoms with Crippen LogP contribution in [0.4, 0.5) is 0 Å². The molecule has 0 aromatic heterocycles. The zero-order valence-corrected chi connectivity index (χ0v) is 93.7. The van der Waals surface area contributed by atoms with Gasteiger partial charge in [0, 0.05) is 44.4 Å². The van der Waals surface area contributed by atoms with Gasteiger partial charge in [0.25, 0.3) is 0 Å². The molecule has 16 aliphatic rings. The summed E-state index contributed by atoms with van der Waals surface area (Å²) >= 11 is 0. The summed E-state index contributed by atoms with van der Waals surface area (Å²) in [5, 5.41) is 0. The highest BCUT2D eigenvalue weighted by atomic mass is 16.7. The number of fused-ring (bicyclic) bond motifs is 10. The molecule has 802 valence electrons. The molecule has 1 aromatic rings. The van der Waals surface area contributed by atoms with Crippen molar-refractivity contribution in [3.05, 3.63) is 35.9 Å². The van der Waals surface area contributed by atoms with Gasteiger partial charge in [-0.15, -0.1) is 0 Å². The Hall–Kier alpha value is -4.73. The maximum atomic E-state index is 12.7. The van der Waals surface area contributed by atoms with Gasteiger partial charge in [-0.05, 0) is 367 Å². The molecule has 20 heteroatoms. The van der Waals surface area contributed by atoms with Crippen LogP contribution in [0.1, 0.15) is 438 Å².